The number of carbonyl (C=O) groups is 2. The molecule has 1 amide bonds. The second-order valence-electron chi connectivity index (χ2n) is 9.94. The number of amides is 1. The first-order chi connectivity index (χ1) is 17.7. The van der Waals surface area contributed by atoms with Gasteiger partial charge in [0.15, 0.2) is 5.60 Å². The molecule has 4 N–H and O–H groups in total. The predicted octanol–water partition coefficient (Wildman–Crippen LogP) is 1.90. The van der Waals surface area contributed by atoms with E-state index in [1.54, 1.807) is 23.8 Å². The van der Waals surface area contributed by atoms with Crippen LogP contribution in [0, 0.1) is 5.92 Å². The third-order valence-electron chi connectivity index (χ3n) is 7.07. The van der Waals surface area contributed by atoms with Crippen molar-refractivity contribution >= 4 is 29.0 Å². The van der Waals surface area contributed by atoms with Crippen LogP contribution in [0.1, 0.15) is 55.9 Å². The summed E-state index contributed by atoms with van der Waals surface area (Å²) < 4.78 is 6.71. The molecule has 192 valence electrons. The molecule has 5 rings (SSSR count). The van der Waals surface area contributed by atoms with Crippen molar-refractivity contribution < 1.29 is 19.4 Å². The SMILES string of the molecule is CC[C@@]1(O)C(=O)OCc2c1cc1n(c2=O)Cc2c-1nc1ccccc1c2/C=N\NC(=O)C(N)CC(C)C. The topological polar surface area (TPSA) is 149 Å². The van der Waals surface area contributed by atoms with Gasteiger partial charge in [-0.1, -0.05) is 39.0 Å². The fourth-order valence-corrected chi connectivity index (χ4v) is 5.07. The lowest BCUT2D eigenvalue weighted by Gasteiger charge is -2.31. The summed E-state index contributed by atoms with van der Waals surface area (Å²) in [4.78, 5) is 43.1. The van der Waals surface area contributed by atoms with Crippen molar-refractivity contribution in [2.45, 2.75) is 58.4 Å². The molecule has 3 aromatic rings. The fraction of sp³-hybridized carbons (Fsp3) is 0.370. The molecule has 0 saturated carbocycles. The molecule has 2 aliphatic rings. The van der Waals surface area contributed by atoms with E-state index in [1.165, 1.54) is 0 Å². The molecule has 0 fully saturated rings. The van der Waals surface area contributed by atoms with Gasteiger partial charge >= 0.3 is 5.97 Å². The van der Waals surface area contributed by atoms with Gasteiger partial charge in [0.25, 0.3) is 11.5 Å². The summed E-state index contributed by atoms with van der Waals surface area (Å²) in [5, 5.41) is 16.1. The molecular formula is C27H29N5O5. The molecule has 0 saturated heterocycles. The number of ether oxygens (including phenoxy) is 1. The van der Waals surface area contributed by atoms with Gasteiger partial charge < -0.3 is 20.1 Å². The van der Waals surface area contributed by atoms with Crippen molar-refractivity contribution in [1.82, 2.24) is 15.0 Å². The normalized spacial score (nSPS) is 19.0. The lowest BCUT2D eigenvalue weighted by Crippen LogP contribution is -2.44. The number of benzene rings is 1. The second kappa shape index (κ2) is 9.20. The molecule has 4 heterocycles. The number of hydrazone groups is 1. The maximum absolute atomic E-state index is 13.5. The Morgan fingerprint density at radius 2 is 2.08 bits per heavy atom. The van der Waals surface area contributed by atoms with Crippen LogP contribution in [0.4, 0.5) is 0 Å². The number of rotatable bonds is 6. The van der Waals surface area contributed by atoms with E-state index < -0.39 is 17.6 Å². The van der Waals surface area contributed by atoms with Crippen LogP contribution in [0.15, 0.2) is 40.2 Å². The van der Waals surface area contributed by atoms with Gasteiger partial charge in [0.05, 0.1) is 41.3 Å². The number of carbonyl (C=O) groups excluding carboxylic acids is 2. The maximum atomic E-state index is 13.5. The van der Waals surface area contributed by atoms with Crippen molar-refractivity contribution in [2.24, 2.45) is 16.8 Å². The lowest BCUT2D eigenvalue weighted by molar-refractivity contribution is -0.172. The molecular weight excluding hydrogens is 474 g/mol. The highest BCUT2D eigenvalue weighted by Gasteiger charge is 2.45. The highest BCUT2D eigenvalue weighted by molar-refractivity contribution is 6.02. The second-order valence-corrected chi connectivity index (χ2v) is 9.94. The summed E-state index contributed by atoms with van der Waals surface area (Å²) in [6.45, 7) is 5.66. The predicted molar refractivity (Wildman–Crippen MR) is 138 cm³/mol. The fourth-order valence-electron chi connectivity index (χ4n) is 5.07. The quantitative estimate of drug-likeness (QED) is 0.207. The zero-order valence-electron chi connectivity index (χ0n) is 20.9. The molecule has 0 aliphatic carbocycles. The van der Waals surface area contributed by atoms with E-state index in [1.807, 2.05) is 38.1 Å². The molecule has 0 bridgehead atoms. The number of nitrogens with two attached hydrogens (primary N) is 1. The lowest BCUT2D eigenvalue weighted by atomic mass is 9.86. The van der Waals surface area contributed by atoms with E-state index in [4.69, 9.17) is 15.5 Å². The smallest absolute Gasteiger partial charge is 0.343 e. The Bertz CT molecular complexity index is 1530. The number of aromatic nitrogens is 2. The summed E-state index contributed by atoms with van der Waals surface area (Å²) >= 11 is 0. The van der Waals surface area contributed by atoms with Crippen molar-refractivity contribution in [3.05, 3.63) is 62.9 Å². The number of nitrogens with one attached hydrogen (secondary N) is 1. The summed E-state index contributed by atoms with van der Waals surface area (Å²) in [5.41, 5.74) is 9.95. The average Bonchev–Trinajstić information content (AvgIpc) is 3.24. The number of pyridine rings is 2. The standard InChI is InChI=1S/C27H29N5O5/c1-4-27(36)19-10-22-23-17(12-32(22)25(34)18(19)13-37-26(27)35)16(15-7-5-6-8-21(15)30-23)11-29-31-24(33)20(28)9-14(2)3/h5-8,10-11,14,20,36H,4,9,12-13,28H2,1-3H3,(H,31,33)/b29-11-/t20?,27-/m0/s1. The van der Waals surface area contributed by atoms with Crippen molar-refractivity contribution in [3.63, 3.8) is 0 Å². The number of para-hydroxylation sites is 1. The highest BCUT2D eigenvalue weighted by atomic mass is 16.6. The van der Waals surface area contributed by atoms with Crippen molar-refractivity contribution in [1.29, 1.82) is 0 Å². The Morgan fingerprint density at radius 1 is 1.32 bits per heavy atom. The van der Waals surface area contributed by atoms with Crippen LogP contribution in [0.5, 0.6) is 0 Å². The van der Waals surface area contributed by atoms with Gasteiger partial charge in [-0.15, -0.1) is 0 Å². The highest BCUT2D eigenvalue weighted by Crippen LogP contribution is 2.39. The number of fused-ring (bicyclic) bond motifs is 5. The molecule has 2 aromatic heterocycles. The van der Waals surface area contributed by atoms with E-state index in [-0.39, 0.29) is 48.1 Å². The van der Waals surface area contributed by atoms with Gasteiger partial charge in [-0.3, -0.25) is 9.59 Å². The zero-order valence-corrected chi connectivity index (χ0v) is 20.9. The van der Waals surface area contributed by atoms with Crippen LogP contribution in [-0.2, 0) is 33.1 Å². The number of nitrogens with zero attached hydrogens (tertiary/aromatic N) is 3. The van der Waals surface area contributed by atoms with Crippen molar-refractivity contribution in [2.75, 3.05) is 0 Å². The van der Waals surface area contributed by atoms with Crippen LogP contribution in [0.25, 0.3) is 22.3 Å². The molecule has 2 aliphatic heterocycles. The van der Waals surface area contributed by atoms with Crippen LogP contribution in [0.2, 0.25) is 0 Å². The van der Waals surface area contributed by atoms with Gasteiger partial charge in [-0.25, -0.2) is 15.2 Å². The van der Waals surface area contributed by atoms with E-state index in [0.29, 0.717) is 28.9 Å². The van der Waals surface area contributed by atoms with Crippen LogP contribution in [0.3, 0.4) is 0 Å². The van der Waals surface area contributed by atoms with Gasteiger partial charge in [0.1, 0.15) is 6.61 Å². The summed E-state index contributed by atoms with van der Waals surface area (Å²) in [6, 6.07) is 8.48. The summed E-state index contributed by atoms with van der Waals surface area (Å²) in [6.07, 6.45) is 2.15. The molecule has 10 nitrogen and oxygen atoms in total. The molecule has 10 heteroatoms. The number of hydrogen-bond acceptors (Lipinski definition) is 8. The molecule has 1 aromatic carbocycles. The molecule has 2 atom stereocenters. The number of hydrogen-bond donors (Lipinski definition) is 3. The summed E-state index contributed by atoms with van der Waals surface area (Å²) in [5.74, 6) is -0.878. The molecule has 0 radical (unpaired) electrons. The third kappa shape index (κ3) is 4.02. The van der Waals surface area contributed by atoms with Crippen LogP contribution in [-0.4, -0.2) is 38.8 Å². The minimum absolute atomic E-state index is 0.0658. The Kier molecular flexibility index (Phi) is 6.17. The Morgan fingerprint density at radius 3 is 2.81 bits per heavy atom. The minimum Gasteiger partial charge on any atom is -0.458 e. The Hall–Kier alpha value is -3.89. The number of aliphatic hydroxyl groups is 1. The van der Waals surface area contributed by atoms with E-state index in [2.05, 4.69) is 10.5 Å². The maximum Gasteiger partial charge on any atom is 0.343 e. The largest absolute Gasteiger partial charge is 0.458 e. The average molecular weight is 504 g/mol. The number of cyclic esters (lactones) is 1. The van der Waals surface area contributed by atoms with Gasteiger partial charge in [-0.2, -0.15) is 5.10 Å². The van der Waals surface area contributed by atoms with E-state index >= 15 is 0 Å². The van der Waals surface area contributed by atoms with Crippen molar-refractivity contribution in [3.8, 4) is 11.4 Å². The van der Waals surface area contributed by atoms with E-state index in [9.17, 15) is 19.5 Å². The zero-order chi connectivity index (χ0) is 26.5. The molecule has 0 spiro atoms. The minimum atomic E-state index is -1.90. The van der Waals surface area contributed by atoms with Crippen LogP contribution < -0.4 is 16.7 Å². The Labute approximate surface area is 213 Å². The monoisotopic (exact) mass is 503 g/mol. The first-order valence-electron chi connectivity index (χ1n) is 12.3. The molecule has 37 heavy (non-hydrogen) atoms. The van der Waals surface area contributed by atoms with Gasteiger partial charge in [-0.05, 0) is 30.9 Å². The van der Waals surface area contributed by atoms with Crippen LogP contribution >= 0.6 is 0 Å². The van der Waals surface area contributed by atoms with Gasteiger partial charge in [0, 0.05) is 22.1 Å². The van der Waals surface area contributed by atoms with E-state index in [0.717, 1.165) is 10.9 Å². The first-order valence-corrected chi connectivity index (χ1v) is 12.3. The summed E-state index contributed by atoms with van der Waals surface area (Å²) in [7, 11) is 0. The van der Waals surface area contributed by atoms with Gasteiger partial charge in [0.2, 0.25) is 0 Å². The first kappa shape index (κ1) is 24.8. The molecule has 1 unspecified atom stereocenters. The third-order valence-corrected chi connectivity index (χ3v) is 7.07. The number of esters is 1. The Balaban J connectivity index is 1.62.